The normalized spacial score (nSPS) is 12.7. The molecule has 0 heterocycles. The molecule has 13 nitrogen and oxygen atoms in total. The first-order valence-corrected chi connectivity index (χ1v) is 14.0. The topological polar surface area (TPSA) is 198 Å². The molecule has 0 saturated heterocycles. The van der Waals surface area contributed by atoms with E-state index in [1.807, 2.05) is 0 Å². The lowest BCUT2D eigenvalue weighted by Gasteiger charge is -2.11. The first-order valence-electron chi connectivity index (χ1n) is 9.36. The average Bonchev–Trinajstić information content (AvgIpc) is 2.71. The van der Waals surface area contributed by atoms with Gasteiger partial charge in [-0.1, -0.05) is 0 Å². The summed E-state index contributed by atoms with van der Waals surface area (Å²) in [5, 5.41) is 10.8. The third-order valence-electron chi connectivity index (χ3n) is 4.35. The van der Waals surface area contributed by atoms with Gasteiger partial charge in [0, 0.05) is 5.69 Å². The van der Waals surface area contributed by atoms with E-state index in [-0.39, 0.29) is 16.3 Å². The van der Waals surface area contributed by atoms with E-state index in [0.29, 0.717) is 22.5 Å². The van der Waals surface area contributed by atoms with Crippen LogP contribution < -0.4 is 10.1 Å². The second-order valence-electron chi connectivity index (χ2n) is 6.96. The Morgan fingerprint density at radius 1 is 0.912 bits per heavy atom. The van der Waals surface area contributed by atoms with Crippen LogP contribution in [-0.2, 0) is 34.5 Å². The molecule has 0 saturated carbocycles. The Balaban J connectivity index is 2.32. The molecular weight excluding hydrogens is 514 g/mol. The fourth-order valence-corrected chi connectivity index (χ4v) is 4.53. The van der Waals surface area contributed by atoms with Crippen molar-refractivity contribution >= 4 is 47.4 Å². The third-order valence-corrected chi connectivity index (χ3v) is 7.00. The number of nitrogens with zero attached hydrogens (tertiary/aromatic N) is 2. The van der Waals surface area contributed by atoms with Crippen molar-refractivity contribution < 1.29 is 43.3 Å². The smallest absolute Gasteiger partial charge is 0.397 e. The number of hydrogen-bond donors (Lipinski definition) is 3. The molecule has 0 atom stereocenters. The van der Waals surface area contributed by atoms with Crippen LogP contribution in [0.25, 0.3) is 0 Å². The van der Waals surface area contributed by atoms with Gasteiger partial charge in [0.05, 0.1) is 30.1 Å². The average molecular weight is 538 g/mol. The van der Waals surface area contributed by atoms with Crippen LogP contribution in [0.3, 0.4) is 0 Å². The van der Waals surface area contributed by atoms with E-state index in [1.54, 1.807) is 26.0 Å². The van der Waals surface area contributed by atoms with Gasteiger partial charge in [-0.25, -0.2) is 12.6 Å². The maximum Gasteiger partial charge on any atom is 0.397 e. The molecule has 188 valence electrons. The third kappa shape index (κ3) is 8.30. The molecule has 0 bridgehead atoms. The Labute approximate surface area is 197 Å². The number of benzene rings is 2. The molecule has 0 aliphatic rings. The molecule has 0 spiro atoms. The molecular formula is C18H23N3O10S3. The number of aryl methyl sites for hydroxylation is 2. The molecule has 0 amide bonds. The summed E-state index contributed by atoms with van der Waals surface area (Å²) >= 11 is 0. The van der Waals surface area contributed by atoms with Crippen molar-refractivity contribution in [1.82, 2.24) is 0 Å². The van der Waals surface area contributed by atoms with Crippen molar-refractivity contribution in [3.05, 3.63) is 41.5 Å². The second kappa shape index (κ2) is 10.7. The number of azo groups is 1. The number of methoxy groups -OCH3 is 1. The van der Waals surface area contributed by atoms with Crippen LogP contribution >= 0.6 is 0 Å². The van der Waals surface area contributed by atoms with Gasteiger partial charge in [-0.3, -0.25) is 9.11 Å². The lowest BCUT2D eigenvalue weighted by Crippen LogP contribution is -2.15. The van der Waals surface area contributed by atoms with Crippen LogP contribution in [0.15, 0.2) is 45.5 Å². The minimum Gasteiger partial charge on any atom is -0.494 e. The highest BCUT2D eigenvalue weighted by molar-refractivity contribution is 7.91. The van der Waals surface area contributed by atoms with Crippen molar-refractivity contribution in [3.63, 3.8) is 0 Å². The molecule has 0 aliphatic heterocycles. The number of hydrogen-bond acceptors (Lipinski definition) is 11. The lowest BCUT2D eigenvalue weighted by molar-refractivity contribution is 0.284. The quantitative estimate of drug-likeness (QED) is 0.281. The number of nitrogens with one attached hydrogen (secondary N) is 1. The molecule has 0 unspecified atom stereocenters. The summed E-state index contributed by atoms with van der Waals surface area (Å²) in [4.78, 5) is -0.196. The monoisotopic (exact) mass is 537 g/mol. The van der Waals surface area contributed by atoms with Gasteiger partial charge in [0.15, 0.2) is 9.84 Å². The standard InChI is InChI=1S/C18H23N3O10S3/c1-12-9-16(13(2)8-15(12)19-11-33(24,25)26)20-21-17-10-14(4-5-18(17)30-3)32(22,23)7-6-31-34(27,28)29/h4-5,8-10,19H,6-7,11H2,1-3H3,(H,24,25,26)(H,27,28,29)/b21-20+. The summed E-state index contributed by atoms with van der Waals surface area (Å²) in [6.45, 7) is 2.60. The molecule has 16 heteroatoms. The Bertz CT molecular complexity index is 1400. The fourth-order valence-electron chi connectivity index (χ4n) is 2.68. The zero-order valence-electron chi connectivity index (χ0n) is 18.3. The lowest BCUT2D eigenvalue weighted by atomic mass is 10.1. The maximum absolute atomic E-state index is 12.5. The highest BCUT2D eigenvalue weighted by atomic mass is 32.3. The maximum atomic E-state index is 12.5. The molecule has 0 fully saturated rings. The number of anilines is 1. The highest BCUT2D eigenvalue weighted by Gasteiger charge is 2.19. The highest BCUT2D eigenvalue weighted by Crippen LogP contribution is 2.33. The van der Waals surface area contributed by atoms with Crippen LogP contribution in [0.2, 0.25) is 0 Å². The van der Waals surface area contributed by atoms with Gasteiger partial charge in [0.2, 0.25) is 0 Å². The van der Waals surface area contributed by atoms with Crippen molar-refractivity contribution in [1.29, 1.82) is 0 Å². The zero-order chi connectivity index (χ0) is 25.7. The van der Waals surface area contributed by atoms with Gasteiger partial charge in [0.25, 0.3) is 10.1 Å². The molecule has 2 aromatic carbocycles. The first kappa shape index (κ1) is 27.6. The summed E-state index contributed by atoms with van der Waals surface area (Å²) in [5.74, 6) is -1.16. The van der Waals surface area contributed by atoms with E-state index in [1.165, 1.54) is 25.3 Å². The van der Waals surface area contributed by atoms with Crippen LogP contribution in [0, 0.1) is 13.8 Å². The van der Waals surface area contributed by atoms with Crippen molar-refractivity contribution in [2.24, 2.45) is 10.2 Å². The number of ether oxygens (including phenoxy) is 1. The van der Waals surface area contributed by atoms with Crippen molar-refractivity contribution in [2.45, 2.75) is 18.7 Å². The predicted molar refractivity (Wildman–Crippen MR) is 123 cm³/mol. The van der Waals surface area contributed by atoms with E-state index in [4.69, 9.17) is 13.8 Å². The van der Waals surface area contributed by atoms with Gasteiger partial charge >= 0.3 is 10.4 Å². The van der Waals surface area contributed by atoms with E-state index in [0.717, 1.165) is 0 Å². The summed E-state index contributed by atoms with van der Waals surface area (Å²) in [5.41, 5.74) is 2.17. The Morgan fingerprint density at radius 2 is 1.56 bits per heavy atom. The van der Waals surface area contributed by atoms with Gasteiger partial charge in [-0.2, -0.15) is 21.9 Å². The van der Waals surface area contributed by atoms with Gasteiger partial charge in [-0.15, -0.1) is 5.11 Å². The van der Waals surface area contributed by atoms with Crippen molar-refractivity contribution in [2.75, 3.05) is 30.7 Å². The molecule has 0 aromatic heterocycles. The van der Waals surface area contributed by atoms with Gasteiger partial charge in [-0.05, 0) is 55.3 Å². The minimum atomic E-state index is -4.77. The molecule has 2 aromatic rings. The molecule has 0 radical (unpaired) electrons. The second-order valence-corrected chi connectivity index (χ2v) is 11.6. The predicted octanol–water partition coefficient (Wildman–Crippen LogP) is 2.58. The summed E-state index contributed by atoms with van der Waals surface area (Å²) in [6, 6.07) is 7.01. The van der Waals surface area contributed by atoms with E-state index in [2.05, 4.69) is 19.7 Å². The molecule has 3 N–H and O–H groups in total. The van der Waals surface area contributed by atoms with Gasteiger partial charge < -0.3 is 10.1 Å². The first-order chi connectivity index (χ1) is 15.6. The molecule has 0 aliphatic carbocycles. The molecule has 2 rings (SSSR count). The SMILES string of the molecule is COc1ccc(S(=O)(=O)CCOS(=O)(=O)O)cc1/N=N/c1cc(C)c(NCS(=O)(=O)O)cc1C. The fraction of sp³-hybridized carbons (Fsp3) is 0.333. The van der Waals surface area contributed by atoms with Crippen molar-refractivity contribution in [3.8, 4) is 5.75 Å². The molecule has 34 heavy (non-hydrogen) atoms. The van der Waals surface area contributed by atoms with Crippen LogP contribution in [0.4, 0.5) is 17.1 Å². The Kier molecular flexibility index (Phi) is 8.73. The number of rotatable bonds is 11. The summed E-state index contributed by atoms with van der Waals surface area (Å²) in [6.07, 6.45) is 0. The minimum absolute atomic E-state index is 0.0740. The Hall–Kier alpha value is -2.63. The van der Waals surface area contributed by atoms with Crippen LogP contribution in [-0.4, -0.2) is 59.7 Å². The van der Waals surface area contributed by atoms with Gasteiger partial charge in [0.1, 0.15) is 17.3 Å². The van der Waals surface area contributed by atoms with Crippen LogP contribution in [0.5, 0.6) is 5.75 Å². The van der Waals surface area contributed by atoms with Crippen LogP contribution in [0.1, 0.15) is 11.1 Å². The summed E-state index contributed by atoms with van der Waals surface area (Å²) < 4.78 is 94.8. The number of sulfone groups is 1. The van der Waals surface area contributed by atoms with E-state index in [9.17, 15) is 25.3 Å². The largest absolute Gasteiger partial charge is 0.494 e. The summed E-state index contributed by atoms with van der Waals surface area (Å²) in [7, 11) is -11.6. The zero-order valence-corrected chi connectivity index (χ0v) is 20.7. The van der Waals surface area contributed by atoms with E-state index >= 15 is 0 Å². The van der Waals surface area contributed by atoms with E-state index < -0.39 is 48.6 Å². The Morgan fingerprint density at radius 3 is 2.15 bits per heavy atom.